The smallest absolute Gasteiger partial charge is 0.211 e. The molecule has 1 amide bonds. The minimum absolute atomic E-state index is 0.140. The van der Waals surface area contributed by atoms with Gasteiger partial charge in [0.25, 0.3) is 0 Å². The number of hydrogen-bond acceptors (Lipinski definition) is 3. The summed E-state index contributed by atoms with van der Waals surface area (Å²) in [5.41, 5.74) is 0.834. The fourth-order valence-electron chi connectivity index (χ4n) is 1.24. The second kappa shape index (κ2) is 7.55. The number of halogens is 1. The molecular formula is C13H14FNO2S. The molecule has 0 radical (unpaired) electrons. The molecule has 0 atom stereocenters. The molecule has 96 valence electrons. The summed E-state index contributed by atoms with van der Waals surface area (Å²) in [6, 6.07) is 6.30. The summed E-state index contributed by atoms with van der Waals surface area (Å²) in [5.74, 6) is 0.410. The molecular weight excluding hydrogens is 253 g/mol. The van der Waals surface area contributed by atoms with Crippen LogP contribution in [0.1, 0.15) is 12.5 Å². The number of rotatable bonds is 6. The molecule has 0 saturated heterocycles. The number of allylic oxidation sites excluding steroid dienone is 2. The molecule has 1 aromatic carbocycles. The van der Waals surface area contributed by atoms with Crippen LogP contribution in [-0.2, 0) is 10.5 Å². The van der Waals surface area contributed by atoms with Gasteiger partial charge in [-0.15, -0.1) is 11.8 Å². The summed E-state index contributed by atoms with van der Waals surface area (Å²) >= 11 is 1.39. The van der Waals surface area contributed by atoms with E-state index in [1.807, 2.05) is 6.07 Å². The van der Waals surface area contributed by atoms with E-state index in [0.29, 0.717) is 17.1 Å². The van der Waals surface area contributed by atoms with Crippen LogP contribution in [0.4, 0.5) is 4.39 Å². The van der Waals surface area contributed by atoms with Gasteiger partial charge >= 0.3 is 0 Å². The number of nitrogens with one attached hydrogen (secondary N) is 1. The van der Waals surface area contributed by atoms with Crippen molar-refractivity contribution in [1.29, 1.82) is 0 Å². The zero-order chi connectivity index (χ0) is 13.4. The Morgan fingerprint density at radius 1 is 1.56 bits per heavy atom. The molecule has 18 heavy (non-hydrogen) atoms. The Morgan fingerprint density at radius 3 is 2.94 bits per heavy atom. The average molecular weight is 267 g/mol. The number of carbonyl (C=O) groups excluding carboxylic acids is 1. The molecule has 0 aliphatic heterocycles. The van der Waals surface area contributed by atoms with Crippen molar-refractivity contribution in [3.8, 4) is 0 Å². The topological polar surface area (TPSA) is 49.3 Å². The molecule has 0 heterocycles. The highest BCUT2D eigenvalue weighted by atomic mass is 32.2. The maximum absolute atomic E-state index is 13.0. The first-order valence-electron chi connectivity index (χ1n) is 5.26. The average Bonchev–Trinajstić information content (AvgIpc) is 2.32. The van der Waals surface area contributed by atoms with Gasteiger partial charge in [0, 0.05) is 16.9 Å². The molecule has 1 aromatic rings. The summed E-state index contributed by atoms with van der Waals surface area (Å²) < 4.78 is 13.0. The number of carbonyl (C=O) groups is 1. The number of thioether (sulfide) groups is 1. The fourth-order valence-corrected chi connectivity index (χ4v) is 2.16. The van der Waals surface area contributed by atoms with Crippen molar-refractivity contribution >= 4 is 18.2 Å². The van der Waals surface area contributed by atoms with E-state index in [1.165, 1.54) is 43.1 Å². The lowest BCUT2D eigenvalue weighted by molar-refractivity contribution is -0.108. The quantitative estimate of drug-likeness (QED) is 0.473. The molecule has 2 N–H and O–H groups in total. The molecule has 3 nitrogen and oxygen atoms in total. The van der Waals surface area contributed by atoms with E-state index in [0.717, 1.165) is 5.56 Å². The Hall–Kier alpha value is -1.75. The van der Waals surface area contributed by atoms with Crippen LogP contribution in [0.15, 0.2) is 47.2 Å². The predicted molar refractivity (Wildman–Crippen MR) is 71.4 cm³/mol. The first kappa shape index (κ1) is 14.3. The third-order valence-corrected chi connectivity index (χ3v) is 2.99. The second-order valence-electron chi connectivity index (χ2n) is 3.54. The van der Waals surface area contributed by atoms with Gasteiger partial charge in [-0.3, -0.25) is 4.79 Å². The van der Waals surface area contributed by atoms with Gasteiger partial charge in [-0.25, -0.2) is 4.39 Å². The Balaban J connectivity index is 2.67. The zero-order valence-electron chi connectivity index (χ0n) is 9.89. The Bertz CT molecular complexity index is 468. The number of benzene rings is 1. The second-order valence-corrected chi connectivity index (χ2v) is 4.58. The van der Waals surface area contributed by atoms with E-state index < -0.39 is 0 Å². The van der Waals surface area contributed by atoms with Gasteiger partial charge in [-0.05, 0) is 30.7 Å². The molecule has 0 aromatic heterocycles. The molecule has 0 saturated carbocycles. The first-order chi connectivity index (χ1) is 8.61. The highest BCUT2D eigenvalue weighted by Crippen LogP contribution is 2.23. The van der Waals surface area contributed by atoms with Crippen LogP contribution in [0.25, 0.3) is 0 Å². The van der Waals surface area contributed by atoms with Crippen LogP contribution in [-0.4, -0.2) is 11.5 Å². The minimum atomic E-state index is -0.279. The lowest BCUT2D eigenvalue weighted by atomic mass is 10.2. The summed E-state index contributed by atoms with van der Waals surface area (Å²) in [4.78, 5) is 10.9. The minimum Gasteiger partial charge on any atom is -0.513 e. The van der Waals surface area contributed by atoms with Crippen LogP contribution in [0.2, 0.25) is 0 Å². The van der Waals surface area contributed by atoms with E-state index >= 15 is 0 Å². The summed E-state index contributed by atoms with van der Waals surface area (Å²) in [6.45, 7) is 1.54. The summed E-state index contributed by atoms with van der Waals surface area (Å²) in [5, 5.41) is 11.6. The number of aliphatic hydroxyl groups excluding tert-OH is 1. The Labute approximate surface area is 109 Å². The fraction of sp³-hybridized carbons (Fsp3) is 0.154. The van der Waals surface area contributed by atoms with Crippen LogP contribution in [0.3, 0.4) is 0 Å². The third kappa shape index (κ3) is 5.54. The molecule has 0 aliphatic rings. The summed E-state index contributed by atoms with van der Waals surface area (Å²) in [6.07, 6.45) is 3.56. The molecule has 0 fully saturated rings. The largest absolute Gasteiger partial charge is 0.513 e. The Kier molecular flexibility index (Phi) is 6.00. The third-order valence-electron chi connectivity index (χ3n) is 1.94. The van der Waals surface area contributed by atoms with Gasteiger partial charge in [0.15, 0.2) is 0 Å². The molecule has 0 bridgehead atoms. The van der Waals surface area contributed by atoms with Crippen molar-refractivity contribution in [2.24, 2.45) is 0 Å². The van der Waals surface area contributed by atoms with Gasteiger partial charge in [0.05, 0.1) is 5.76 Å². The van der Waals surface area contributed by atoms with Crippen molar-refractivity contribution in [3.63, 3.8) is 0 Å². The number of amides is 1. The van der Waals surface area contributed by atoms with Crippen LogP contribution in [0.5, 0.6) is 0 Å². The summed E-state index contributed by atoms with van der Waals surface area (Å²) in [7, 11) is 0. The van der Waals surface area contributed by atoms with Gasteiger partial charge in [-0.2, -0.15) is 0 Å². The van der Waals surface area contributed by atoms with E-state index in [1.54, 1.807) is 6.07 Å². The number of aliphatic hydroxyl groups is 1. The maximum Gasteiger partial charge on any atom is 0.211 e. The van der Waals surface area contributed by atoms with Crippen molar-refractivity contribution in [2.45, 2.75) is 12.7 Å². The van der Waals surface area contributed by atoms with E-state index in [2.05, 4.69) is 5.32 Å². The van der Waals surface area contributed by atoms with Gasteiger partial charge in [0.2, 0.25) is 6.41 Å². The van der Waals surface area contributed by atoms with Crippen LogP contribution < -0.4 is 5.32 Å². The molecule has 5 heteroatoms. The Morgan fingerprint density at radius 2 is 2.33 bits per heavy atom. The van der Waals surface area contributed by atoms with Crippen molar-refractivity contribution in [1.82, 2.24) is 5.32 Å². The predicted octanol–water partition coefficient (Wildman–Crippen LogP) is 3.11. The van der Waals surface area contributed by atoms with Crippen molar-refractivity contribution in [3.05, 3.63) is 58.6 Å². The van der Waals surface area contributed by atoms with Gasteiger partial charge < -0.3 is 10.4 Å². The molecule has 0 unspecified atom stereocenters. The zero-order valence-corrected chi connectivity index (χ0v) is 10.7. The first-order valence-corrected chi connectivity index (χ1v) is 6.24. The molecule has 1 rings (SSSR count). The maximum atomic E-state index is 13.0. The van der Waals surface area contributed by atoms with Crippen molar-refractivity contribution < 1.29 is 14.3 Å². The standard InChI is InChI=1S/C13H14FNO2S/c1-10(17)5-13(7-15-9-16)18-8-11-3-2-4-12(14)6-11/h2-7,9,17H,8H2,1H3,(H,15,16)/b10-5+,13-7+. The SMILES string of the molecule is C/C(O)=C\C(=C/NC=O)SCc1cccc(F)c1. The van der Waals surface area contributed by atoms with Crippen molar-refractivity contribution in [2.75, 3.05) is 0 Å². The highest BCUT2D eigenvalue weighted by molar-refractivity contribution is 8.02. The van der Waals surface area contributed by atoms with E-state index in [4.69, 9.17) is 0 Å². The number of hydrogen-bond donors (Lipinski definition) is 2. The normalized spacial score (nSPS) is 12.3. The lowest BCUT2D eigenvalue weighted by Gasteiger charge is -2.03. The highest BCUT2D eigenvalue weighted by Gasteiger charge is 1.99. The van der Waals surface area contributed by atoms with Gasteiger partial charge in [0.1, 0.15) is 5.82 Å². The van der Waals surface area contributed by atoms with Crippen LogP contribution >= 0.6 is 11.8 Å². The van der Waals surface area contributed by atoms with Crippen LogP contribution in [0, 0.1) is 5.82 Å². The van der Waals surface area contributed by atoms with Gasteiger partial charge in [-0.1, -0.05) is 12.1 Å². The lowest BCUT2D eigenvalue weighted by Crippen LogP contribution is -2.00. The molecule has 0 spiro atoms. The monoisotopic (exact) mass is 267 g/mol. The molecule has 0 aliphatic carbocycles. The van der Waals surface area contributed by atoms with E-state index in [9.17, 15) is 14.3 Å². The van der Waals surface area contributed by atoms with E-state index in [-0.39, 0.29) is 11.6 Å².